The standard InChI is InChI=1S/C22H23N3O4/c1-27-18-9-8-15(12-19(18)28-2)10-11-25-14-17(13-20(25)26)21-23-22(29-24-21)16-6-4-3-5-7-16/h3-9,12,17H,10-11,13-14H2,1-2H3. The van der Waals surface area contributed by atoms with E-state index >= 15 is 0 Å². The van der Waals surface area contributed by atoms with E-state index in [4.69, 9.17) is 14.0 Å². The predicted molar refractivity (Wildman–Crippen MR) is 107 cm³/mol. The Bertz CT molecular complexity index is 987. The van der Waals surface area contributed by atoms with Crippen molar-refractivity contribution >= 4 is 5.91 Å². The van der Waals surface area contributed by atoms with Crippen molar-refractivity contribution in [1.82, 2.24) is 15.0 Å². The smallest absolute Gasteiger partial charge is 0.257 e. The van der Waals surface area contributed by atoms with E-state index in [0.29, 0.717) is 42.7 Å². The Kier molecular flexibility index (Phi) is 5.46. The number of carbonyl (C=O) groups is 1. The quantitative estimate of drug-likeness (QED) is 0.613. The van der Waals surface area contributed by atoms with Crippen molar-refractivity contribution in [3.05, 3.63) is 59.9 Å². The molecule has 7 heteroatoms. The summed E-state index contributed by atoms with van der Waals surface area (Å²) < 4.78 is 16.0. The molecule has 1 atom stereocenters. The van der Waals surface area contributed by atoms with Crippen molar-refractivity contribution in [2.24, 2.45) is 0 Å². The first-order valence-electron chi connectivity index (χ1n) is 9.55. The number of nitrogens with zero attached hydrogens (tertiary/aromatic N) is 3. The van der Waals surface area contributed by atoms with Crippen molar-refractivity contribution < 1.29 is 18.8 Å². The third-order valence-corrected chi connectivity index (χ3v) is 5.16. The minimum absolute atomic E-state index is 0.0471. The average molecular weight is 393 g/mol. The van der Waals surface area contributed by atoms with Crippen LogP contribution in [0.15, 0.2) is 53.1 Å². The molecule has 2 aromatic carbocycles. The normalized spacial score (nSPS) is 16.3. The van der Waals surface area contributed by atoms with Crippen LogP contribution in [-0.4, -0.2) is 48.3 Å². The van der Waals surface area contributed by atoms with Gasteiger partial charge in [0.2, 0.25) is 5.91 Å². The molecule has 1 aromatic heterocycles. The van der Waals surface area contributed by atoms with Crippen molar-refractivity contribution in [1.29, 1.82) is 0 Å². The highest BCUT2D eigenvalue weighted by molar-refractivity contribution is 5.79. The average Bonchev–Trinajstić information content (AvgIpc) is 3.39. The number of aromatic nitrogens is 2. The van der Waals surface area contributed by atoms with Crippen LogP contribution in [-0.2, 0) is 11.2 Å². The summed E-state index contributed by atoms with van der Waals surface area (Å²) in [6.45, 7) is 1.23. The maximum atomic E-state index is 12.5. The fraction of sp³-hybridized carbons (Fsp3) is 0.318. The SMILES string of the molecule is COc1ccc(CCN2CC(c3noc(-c4ccccc4)n3)CC2=O)cc1OC. The zero-order valence-corrected chi connectivity index (χ0v) is 16.5. The second kappa shape index (κ2) is 8.34. The van der Waals surface area contributed by atoms with Gasteiger partial charge in [-0.1, -0.05) is 29.4 Å². The summed E-state index contributed by atoms with van der Waals surface area (Å²) in [5.41, 5.74) is 1.96. The van der Waals surface area contributed by atoms with Gasteiger partial charge in [0, 0.05) is 31.0 Å². The summed E-state index contributed by atoms with van der Waals surface area (Å²) >= 11 is 0. The van der Waals surface area contributed by atoms with Crippen LogP contribution in [0, 0.1) is 0 Å². The fourth-order valence-corrected chi connectivity index (χ4v) is 3.56. The second-order valence-corrected chi connectivity index (χ2v) is 7.00. The highest BCUT2D eigenvalue weighted by atomic mass is 16.5. The maximum Gasteiger partial charge on any atom is 0.257 e. The van der Waals surface area contributed by atoms with Crippen LogP contribution in [0.5, 0.6) is 11.5 Å². The molecule has 0 radical (unpaired) electrons. The molecular weight excluding hydrogens is 370 g/mol. The van der Waals surface area contributed by atoms with E-state index in [9.17, 15) is 4.79 Å². The second-order valence-electron chi connectivity index (χ2n) is 7.00. The molecule has 0 saturated carbocycles. The number of rotatable bonds is 7. The Morgan fingerprint density at radius 1 is 1.10 bits per heavy atom. The lowest BCUT2D eigenvalue weighted by Crippen LogP contribution is -2.27. The summed E-state index contributed by atoms with van der Waals surface area (Å²) in [7, 11) is 3.23. The van der Waals surface area contributed by atoms with Gasteiger partial charge in [-0.05, 0) is 36.2 Å². The minimum atomic E-state index is -0.0471. The molecule has 29 heavy (non-hydrogen) atoms. The molecule has 3 aromatic rings. The minimum Gasteiger partial charge on any atom is -0.493 e. The Balaban J connectivity index is 1.39. The number of amides is 1. The predicted octanol–water partition coefficient (Wildman–Crippen LogP) is 3.31. The topological polar surface area (TPSA) is 77.7 Å². The van der Waals surface area contributed by atoms with Gasteiger partial charge in [-0.25, -0.2) is 0 Å². The third-order valence-electron chi connectivity index (χ3n) is 5.16. The van der Waals surface area contributed by atoms with Gasteiger partial charge >= 0.3 is 0 Å². The molecule has 0 N–H and O–H groups in total. The maximum absolute atomic E-state index is 12.5. The molecule has 1 aliphatic heterocycles. The summed E-state index contributed by atoms with van der Waals surface area (Å²) in [4.78, 5) is 18.8. The molecule has 0 spiro atoms. The first kappa shape index (κ1) is 19.0. The van der Waals surface area contributed by atoms with Gasteiger partial charge < -0.3 is 18.9 Å². The van der Waals surface area contributed by atoms with E-state index in [1.807, 2.05) is 53.4 Å². The Morgan fingerprint density at radius 2 is 1.90 bits per heavy atom. The monoisotopic (exact) mass is 393 g/mol. The van der Waals surface area contributed by atoms with Crippen molar-refractivity contribution in [3.8, 4) is 23.0 Å². The van der Waals surface area contributed by atoms with E-state index in [2.05, 4.69) is 10.1 Å². The molecule has 0 aliphatic carbocycles. The van der Waals surface area contributed by atoms with Gasteiger partial charge in [0.15, 0.2) is 17.3 Å². The number of likely N-dealkylation sites (tertiary alicyclic amines) is 1. The largest absolute Gasteiger partial charge is 0.493 e. The number of carbonyl (C=O) groups excluding carboxylic acids is 1. The molecule has 1 fully saturated rings. The van der Waals surface area contributed by atoms with Gasteiger partial charge in [-0.15, -0.1) is 0 Å². The molecule has 4 rings (SSSR count). The fourth-order valence-electron chi connectivity index (χ4n) is 3.56. The van der Waals surface area contributed by atoms with Crippen LogP contribution < -0.4 is 9.47 Å². The van der Waals surface area contributed by atoms with Crippen molar-refractivity contribution in [2.75, 3.05) is 27.3 Å². The highest BCUT2D eigenvalue weighted by Gasteiger charge is 2.33. The van der Waals surface area contributed by atoms with E-state index < -0.39 is 0 Å². The summed E-state index contributed by atoms with van der Waals surface area (Å²) in [5, 5.41) is 4.11. The molecule has 1 aliphatic rings. The summed E-state index contributed by atoms with van der Waals surface area (Å²) in [5.74, 6) is 2.52. The summed E-state index contributed by atoms with van der Waals surface area (Å²) in [6, 6.07) is 15.5. The lowest BCUT2D eigenvalue weighted by atomic mass is 10.1. The number of methoxy groups -OCH3 is 2. The van der Waals surface area contributed by atoms with Gasteiger partial charge in [0.25, 0.3) is 5.89 Å². The van der Waals surface area contributed by atoms with Crippen molar-refractivity contribution in [3.63, 3.8) is 0 Å². The summed E-state index contributed by atoms with van der Waals surface area (Å²) in [6.07, 6.45) is 1.14. The number of benzene rings is 2. The van der Waals surface area contributed by atoms with Crippen LogP contribution >= 0.6 is 0 Å². The van der Waals surface area contributed by atoms with Crippen LogP contribution in [0.25, 0.3) is 11.5 Å². The van der Waals surface area contributed by atoms with Crippen LogP contribution in [0.4, 0.5) is 0 Å². The zero-order valence-electron chi connectivity index (χ0n) is 16.5. The molecule has 1 amide bonds. The molecule has 150 valence electrons. The Morgan fingerprint density at radius 3 is 2.66 bits per heavy atom. The molecule has 1 unspecified atom stereocenters. The molecular formula is C22H23N3O4. The van der Waals surface area contributed by atoms with Gasteiger partial charge in [-0.3, -0.25) is 4.79 Å². The van der Waals surface area contributed by atoms with Crippen LogP contribution in [0.3, 0.4) is 0 Å². The highest BCUT2D eigenvalue weighted by Crippen LogP contribution is 2.30. The third kappa shape index (κ3) is 4.08. The lowest BCUT2D eigenvalue weighted by molar-refractivity contribution is -0.127. The van der Waals surface area contributed by atoms with Crippen molar-refractivity contribution in [2.45, 2.75) is 18.8 Å². The van der Waals surface area contributed by atoms with Gasteiger partial charge in [0.05, 0.1) is 14.2 Å². The van der Waals surface area contributed by atoms with E-state index in [1.165, 1.54) is 0 Å². The van der Waals surface area contributed by atoms with Crippen LogP contribution in [0.1, 0.15) is 23.7 Å². The molecule has 1 saturated heterocycles. The Hall–Kier alpha value is -3.35. The van der Waals surface area contributed by atoms with E-state index in [-0.39, 0.29) is 11.8 Å². The number of ether oxygens (including phenoxy) is 2. The lowest BCUT2D eigenvalue weighted by Gasteiger charge is -2.16. The van der Waals surface area contributed by atoms with E-state index in [0.717, 1.165) is 17.5 Å². The van der Waals surface area contributed by atoms with Gasteiger partial charge in [-0.2, -0.15) is 4.98 Å². The molecule has 2 heterocycles. The zero-order chi connectivity index (χ0) is 20.2. The van der Waals surface area contributed by atoms with E-state index in [1.54, 1.807) is 14.2 Å². The first-order chi connectivity index (χ1) is 14.2. The van der Waals surface area contributed by atoms with Gasteiger partial charge in [0.1, 0.15) is 0 Å². The molecule has 7 nitrogen and oxygen atoms in total. The first-order valence-corrected chi connectivity index (χ1v) is 9.55. The van der Waals surface area contributed by atoms with Crippen LogP contribution in [0.2, 0.25) is 0 Å². The number of hydrogen-bond acceptors (Lipinski definition) is 6. The Labute approximate surface area is 169 Å². The number of hydrogen-bond donors (Lipinski definition) is 0. The molecule has 0 bridgehead atoms.